The molecule has 1 aliphatic heterocycles. The number of methoxy groups -OCH3 is 2. The van der Waals surface area contributed by atoms with Gasteiger partial charge in [0, 0.05) is 12.1 Å². The molecule has 0 saturated carbocycles. The van der Waals surface area contributed by atoms with Crippen molar-refractivity contribution in [3.63, 3.8) is 0 Å². The molecule has 0 aliphatic carbocycles. The van der Waals surface area contributed by atoms with Gasteiger partial charge in [0.2, 0.25) is 0 Å². The van der Waals surface area contributed by atoms with Crippen molar-refractivity contribution in [2.24, 2.45) is 0 Å². The van der Waals surface area contributed by atoms with E-state index in [-0.39, 0.29) is 39.8 Å². The molecule has 1 heterocycles. The normalized spacial score (nSPS) is 17.5. The van der Waals surface area contributed by atoms with E-state index in [2.05, 4.69) is 13.8 Å². The van der Waals surface area contributed by atoms with Gasteiger partial charge in [-0.1, -0.05) is 13.8 Å². The van der Waals surface area contributed by atoms with Crippen LogP contribution in [0.3, 0.4) is 0 Å². The van der Waals surface area contributed by atoms with Gasteiger partial charge >= 0.3 is 0 Å². The molecule has 11 heteroatoms. The molecule has 0 aromatic heterocycles. The molecule has 186 valence electrons. The summed E-state index contributed by atoms with van der Waals surface area (Å²) in [5.74, 6) is 2.24. The van der Waals surface area contributed by atoms with E-state index in [1.54, 1.807) is 26.0 Å². The van der Waals surface area contributed by atoms with Crippen LogP contribution in [0.2, 0.25) is 0 Å². The Morgan fingerprint density at radius 3 is 2.47 bits per heavy atom. The van der Waals surface area contributed by atoms with E-state index in [0.29, 0.717) is 18.1 Å². The number of ether oxygens (including phenoxy) is 3. The summed E-state index contributed by atoms with van der Waals surface area (Å²) < 4.78 is 49.8. The van der Waals surface area contributed by atoms with Gasteiger partial charge in [0.1, 0.15) is 0 Å². The lowest BCUT2D eigenvalue weighted by Crippen LogP contribution is -2.19. The minimum Gasteiger partial charge on any atom is -0.493 e. The molecule has 3 rings (SSSR count). The Kier molecular flexibility index (Phi) is 8.12. The molecule has 34 heavy (non-hydrogen) atoms. The average Bonchev–Trinajstić information content (AvgIpc) is 2.90. The van der Waals surface area contributed by atoms with Crippen LogP contribution in [-0.2, 0) is 26.7 Å². The predicted molar refractivity (Wildman–Crippen MR) is 130 cm³/mol. The second-order valence-electron chi connectivity index (χ2n) is 8.64. The van der Waals surface area contributed by atoms with Crippen LogP contribution in [0.25, 0.3) is 0 Å². The summed E-state index contributed by atoms with van der Waals surface area (Å²) in [5.41, 5.74) is 2.08. The Balaban J connectivity index is 1.80. The molecule has 1 unspecified atom stereocenters. The number of thioether (sulfide) groups is 1. The Morgan fingerprint density at radius 1 is 1.18 bits per heavy atom. The maximum atomic E-state index is 11.7. The van der Waals surface area contributed by atoms with Crippen molar-refractivity contribution in [3.05, 3.63) is 57.1 Å². The van der Waals surface area contributed by atoms with Gasteiger partial charge in [0.15, 0.2) is 11.5 Å². The monoisotopic (exact) mass is 511 g/mol. The molecular weight excluding hydrogens is 482 g/mol. The fourth-order valence-electron chi connectivity index (χ4n) is 4.06. The van der Waals surface area contributed by atoms with E-state index in [1.165, 1.54) is 0 Å². The zero-order chi connectivity index (χ0) is 25.1. The first-order valence-corrected chi connectivity index (χ1v) is 13.2. The van der Waals surface area contributed by atoms with Gasteiger partial charge in [0.05, 0.1) is 42.5 Å². The van der Waals surface area contributed by atoms with Gasteiger partial charge in [-0.2, -0.15) is 20.2 Å². The zero-order valence-corrected chi connectivity index (χ0v) is 21.2. The highest BCUT2D eigenvalue weighted by Crippen LogP contribution is 2.47. The topological polar surface area (TPSA) is 125 Å². The third kappa shape index (κ3) is 5.83. The van der Waals surface area contributed by atoms with Gasteiger partial charge < -0.3 is 14.2 Å². The lowest BCUT2D eigenvalue weighted by atomic mass is 9.79. The number of fused-ring (bicyclic) bond motifs is 1. The number of nitro groups is 1. The quantitative estimate of drug-likeness (QED) is 0.223. The van der Waals surface area contributed by atoms with Crippen molar-refractivity contribution in [1.29, 1.82) is 0 Å². The Bertz CT molecular complexity index is 1160. The molecule has 0 bridgehead atoms. The molecule has 0 spiro atoms. The van der Waals surface area contributed by atoms with Crippen LogP contribution < -0.4 is 9.47 Å². The van der Waals surface area contributed by atoms with Gasteiger partial charge in [-0.3, -0.25) is 14.7 Å². The summed E-state index contributed by atoms with van der Waals surface area (Å²) in [7, 11) is -1.31. The highest BCUT2D eigenvalue weighted by atomic mass is 32.2. The molecule has 1 atom stereocenters. The maximum absolute atomic E-state index is 11.7. The summed E-state index contributed by atoms with van der Waals surface area (Å²) in [6.45, 7) is 4.88. The molecule has 0 fully saturated rings. The Labute approximate surface area is 203 Å². The number of nitro benzene ring substituents is 1. The first-order chi connectivity index (χ1) is 16.0. The van der Waals surface area contributed by atoms with E-state index in [4.69, 9.17) is 14.2 Å². The predicted octanol–water partition coefficient (Wildman–Crippen LogP) is 4.57. The van der Waals surface area contributed by atoms with Crippen LogP contribution >= 0.6 is 11.8 Å². The van der Waals surface area contributed by atoms with Gasteiger partial charge in [-0.05, 0) is 58.9 Å². The summed E-state index contributed by atoms with van der Waals surface area (Å²) >= 11 is 1.78. The molecule has 0 amide bonds. The molecule has 2 aromatic carbocycles. The van der Waals surface area contributed by atoms with E-state index < -0.39 is 15.0 Å². The number of benzene rings is 2. The van der Waals surface area contributed by atoms with Gasteiger partial charge in [-0.25, -0.2) is 0 Å². The van der Waals surface area contributed by atoms with Gasteiger partial charge in [-0.15, -0.1) is 0 Å². The molecule has 1 aliphatic rings. The van der Waals surface area contributed by atoms with Crippen LogP contribution in [-0.4, -0.2) is 51.1 Å². The smallest absolute Gasteiger partial charge is 0.294 e. The molecule has 0 saturated heterocycles. The first kappa shape index (κ1) is 26.3. The van der Waals surface area contributed by atoms with Crippen LogP contribution in [0.1, 0.15) is 42.2 Å². The van der Waals surface area contributed by atoms with E-state index in [9.17, 15) is 23.1 Å². The fourth-order valence-corrected chi connectivity index (χ4v) is 6.28. The van der Waals surface area contributed by atoms with Gasteiger partial charge in [0.25, 0.3) is 15.8 Å². The second-order valence-corrected chi connectivity index (χ2v) is 11.3. The van der Waals surface area contributed by atoms with Crippen molar-refractivity contribution in [2.45, 2.75) is 42.2 Å². The number of rotatable bonds is 9. The standard InChI is InChI=1S/C23H29NO8S2/c1-23(2)8-10-33-21(17-12-19(30-3)20(31-4)13-18(17)23)14-32-9-7-15-11-16(24(25)26)5-6-22(15)34(27,28)29/h5-6,11-13,21H,7-10,14H2,1-4H3,(H,27,28,29). The molecule has 1 N–H and O–H groups in total. The average molecular weight is 512 g/mol. The van der Waals surface area contributed by atoms with Crippen molar-refractivity contribution >= 4 is 27.6 Å². The molecule has 0 radical (unpaired) electrons. The van der Waals surface area contributed by atoms with Crippen LogP contribution in [0, 0.1) is 10.1 Å². The fraction of sp³-hybridized carbons (Fsp3) is 0.478. The lowest BCUT2D eigenvalue weighted by molar-refractivity contribution is -0.385. The summed E-state index contributed by atoms with van der Waals surface area (Å²) in [6, 6.07) is 7.26. The highest BCUT2D eigenvalue weighted by molar-refractivity contribution is 7.99. The number of nitrogens with zero attached hydrogens (tertiary/aromatic N) is 1. The van der Waals surface area contributed by atoms with Crippen molar-refractivity contribution in [3.8, 4) is 11.5 Å². The zero-order valence-electron chi connectivity index (χ0n) is 19.6. The third-order valence-electron chi connectivity index (χ3n) is 6.00. The van der Waals surface area contributed by atoms with Crippen molar-refractivity contribution < 1.29 is 32.1 Å². The van der Waals surface area contributed by atoms with E-state index >= 15 is 0 Å². The molecule has 2 aromatic rings. The van der Waals surface area contributed by atoms with Crippen LogP contribution in [0.15, 0.2) is 35.2 Å². The largest absolute Gasteiger partial charge is 0.493 e. The SMILES string of the molecule is COc1cc2c(cc1OC)C(C)(C)CCSC2COCCc1cc([N+](=O)[O-])ccc1S(=O)(=O)O. The van der Waals surface area contributed by atoms with E-state index in [1.807, 2.05) is 12.1 Å². The number of non-ortho nitro benzene ring substituents is 1. The third-order valence-corrected chi connectivity index (χ3v) is 8.18. The second kappa shape index (κ2) is 10.5. The minimum absolute atomic E-state index is 0.0164. The molecular formula is C23H29NO8S2. The Morgan fingerprint density at radius 2 is 1.85 bits per heavy atom. The van der Waals surface area contributed by atoms with Crippen molar-refractivity contribution in [1.82, 2.24) is 0 Å². The lowest BCUT2D eigenvalue weighted by Gasteiger charge is -2.27. The molecule has 9 nitrogen and oxygen atoms in total. The highest BCUT2D eigenvalue weighted by Gasteiger charge is 2.32. The van der Waals surface area contributed by atoms with Crippen LogP contribution in [0.4, 0.5) is 5.69 Å². The summed E-state index contributed by atoms with van der Waals surface area (Å²) in [6.07, 6.45) is 1.07. The summed E-state index contributed by atoms with van der Waals surface area (Å²) in [5, 5.41) is 11.1. The van der Waals surface area contributed by atoms with E-state index in [0.717, 1.165) is 41.5 Å². The Hall–Kier alpha value is -2.34. The van der Waals surface area contributed by atoms with Crippen molar-refractivity contribution in [2.75, 3.05) is 33.2 Å². The minimum atomic E-state index is -4.51. The summed E-state index contributed by atoms with van der Waals surface area (Å²) in [4.78, 5) is 10.1. The number of hydrogen-bond acceptors (Lipinski definition) is 8. The van der Waals surface area contributed by atoms with Crippen LogP contribution in [0.5, 0.6) is 11.5 Å². The first-order valence-electron chi connectivity index (χ1n) is 10.7. The number of hydrogen-bond donors (Lipinski definition) is 1. The maximum Gasteiger partial charge on any atom is 0.294 e.